The Morgan fingerprint density at radius 2 is 2.20 bits per heavy atom. The van der Waals surface area contributed by atoms with Gasteiger partial charge in [-0.2, -0.15) is 0 Å². The molecule has 0 saturated heterocycles. The highest BCUT2D eigenvalue weighted by atomic mass is 32.1. The largest absolute Gasteiger partial charge is 0.493 e. The number of hydrogen-bond acceptors (Lipinski definition) is 6. The van der Waals surface area contributed by atoms with Crippen LogP contribution in [0.15, 0.2) is 58.6 Å². The van der Waals surface area contributed by atoms with Crippen molar-refractivity contribution in [3.05, 3.63) is 64.0 Å². The standard InChI is InChI=1S/C19H17NO4S/c1-12(2)11-23-16-10-13(6-7-15(16)22-3)9-14-19(21)24-18(20-14)17-5-4-8-25-17/h4-10H,1,11H2,2-3H3. The Morgan fingerprint density at radius 1 is 1.36 bits per heavy atom. The topological polar surface area (TPSA) is 57.1 Å². The molecule has 0 unspecified atom stereocenters. The highest BCUT2D eigenvalue weighted by Gasteiger charge is 2.24. The van der Waals surface area contributed by atoms with E-state index < -0.39 is 5.97 Å². The molecule has 0 aliphatic carbocycles. The lowest BCUT2D eigenvalue weighted by atomic mass is 10.1. The van der Waals surface area contributed by atoms with Crippen LogP contribution in [-0.4, -0.2) is 25.6 Å². The summed E-state index contributed by atoms with van der Waals surface area (Å²) in [4.78, 5) is 17.1. The third-order valence-electron chi connectivity index (χ3n) is 3.32. The number of carbonyl (C=O) groups excluding carboxylic acids is 1. The van der Waals surface area contributed by atoms with E-state index in [9.17, 15) is 4.79 Å². The lowest BCUT2D eigenvalue weighted by molar-refractivity contribution is -0.129. The molecule has 0 saturated carbocycles. The van der Waals surface area contributed by atoms with E-state index in [0.717, 1.165) is 16.0 Å². The summed E-state index contributed by atoms with van der Waals surface area (Å²) in [5.74, 6) is 1.05. The summed E-state index contributed by atoms with van der Waals surface area (Å²) in [6, 6.07) is 9.14. The van der Waals surface area contributed by atoms with Crippen LogP contribution in [0.1, 0.15) is 17.4 Å². The van der Waals surface area contributed by atoms with Gasteiger partial charge in [-0.1, -0.05) is 18.7 Å². The highest BCUT2D eigenvalue weighted by Crippen LogP contribution is 2.30. The van der Waals surface area contributed by atoms with Gasteiger partial charge in [-0.05, 0) is 47.7 Å². The minimum atomic E-state index is -0.469. The number of nitrogens with zero attached hydrogens (tertiary/aromatic N) is 1. The van der Waals surface area contributed by atoms with E-state index in [1.807, 2.05) is 30.5 Å². The fourth-order valence-electron chi connectivity index (χ4n) is 2.17. The molecular formula is C19H17NO4S. The van der Waals surface area contributed by atoms with Crippen LogP contribution in [0, 0.1) is 0 Å². The monoisotopic (exact) mass is 355 g/mol. The first-order chi connectivity index (χ1) is 12.1. The average molecular weight is 355 g/mol. The van der Waals surface area contributed by atoms with E-state index >= 15 is 0 Å². The molecule has 0 fully saturated rings. The first-order valence-electron chi connectivity index (χ1n) is 7.58. The van der Waals surface area contributed by atoms with Crippen LogP contribution in [-0.2, 0) is 9.53 Å². The molecule has 2 aromatic rings. The lowest BCUT2D eigenvalue weighted by Crippen LogP contribution is -2.03. The summed E-state index contributed by atoms with van der Waals surface area (Å²) in [6.45, 7) is 6.09. The van der Waals surface area contributed by atoms with Crippen molar-refractivity contribution < 1.29 is 19.0 Å². The Balaban J connectivity index is 1.88. The predicted octanol–water partition coefficient (Wildman–Crippen LogP) is 4.06. The van der Waals surface area contributed by atoms with Crippen LogP contribution in [0.25, 0.3) is 6.08 Å². The zero-order valence-corrected chi connectivity index (χ0v) is 14.8. The summed E-state index contributed by atoms with van der Waals surface area (Å²) in [7, 11) is 1.58. The van der Waals surface area contributed by atoms with Gasteiger partial charge in [0.05, 0.1) is 12.0 Å². The number of methoxy groups -OCH3 is 1. The van der Waals surface area contributed by atoms with E-state index in [0.29, 0.717) is 24.0 Å². The molecule has 5 nitrogen and oxygen atoms in total. The van der Waals surface area contributed by atoms with Gasteiger partial charge in [-0.25, -0.2) is 9.79 Å². The summed E-state index contributed by atoms with van der Waals surface area (Å²) in [5.41, 5.74) is 1.91. The molecule has 0 bridgehead atoms. The molecule has 128 valence electrons. The van der Waals surface area contributed by atoms with Crippen molar-refractivity contribution >= 4 is 29.3 Å². The van der Waals surface area contributed by atoms with Crippen molar-refractivity contribution in [2.24, 2.45) is 4.99 Å². The number of hydrogen-bond donors (Lipinski definition) is 0. The Morgan fingerprint density at radius 3 is 2.88 bits per heavy atom. The average Bonchev–Trinajstić information content (AvgIpc) is 3.23. The van der Waals surface area contributed by atoms with Gasteiger partial charge in [0, 0.05) is 0 Å². The smallest absolute Gasteiger partial charge is 0.363 e. The number of aliphatic imine (C=N–C) groups is 1. The molecule has 1 aliphatic rings. The first-order valence-corrected chi connectivity index (χ1v) is 8.46. The minimum absolute atomic E-state index is 0.249. The van der Waals surface area contributed by atoms with Gasteiger partial charge < -0.3 is 14.2 Å². The number of rotatable bonds is 6. The van der Waals surface area contributed by atoms with Gasteiger partial charge in [0.1, 0.15) is 6.61 Å². The molecular weight excluding hydrogens is 338 g/mol. The maximum absolute atomic E-state index is 12.0. The molecule has 0 amide bonds. The van der Waals surface area contributed by atoms with E-state index in [-0.39, 0.29) is 5.70 Å². The maximum Gasteiger partial charge on any atom is 0.363 e. The van der Waals surface area contributed by atoms with Gasteiger partial charge in [0.15, 0.2) is 17.2 Å². The SMILES string of the molecule is C=C(C)COc1cc(C=C2N=C(c3cccs3)OC2=O)ccc1OC. The van der Waals surface area contributed by atoms with Gasteiger partial charge in [-0.15, -0.1) is 11.3 Å². The van der Waals surface area contributed by atoms with Crippen LogP contribution < -0.4 is 9.47 Å². The molecule has 0 spiro atoms. The van der Waals surface area contributed by atoms with Crippen LogP contribution in [0.5, 0.6) is 11.5 Å². The number of esters is 1. The second-order valence-electron chi connectivity index (χ2n) is 5.47. The van der Waals surface area contributed by atoms with E-state index in [4.69, 9.17) is 14.2 Å². The molecule has 1 aliphatic heterocycles. The fraction of sp³-hybridized carbons (Fsp3) is 0.158. The molecule has 1 aromatic heterocycles. The third kappa shape index (κ3) is 3.97. The van der Waals surface area contributed by atoms with Gasteiger partial charge in [0.25, 0.3) is 0 Å². The van der Waals surface area contributed by atoms with Crippen molar-refractivity contribution in [3.8, 4) is 11.5 Å². The number of ether oxygens (including phenoxy) is 3. The molecule has 2 heterocycles. The van der Waals surface area contributed by atoms with Gasteiger partial charge in [-0.3, -0.25) is 0 Å². The van der Waals surface area contributed by atoms with E-state index in [2.05, 4.69) is 11.6 Å². The number of benzene rings is 1. The fourth-order valence-corrected chi connectivity index (χ4v) is 2.82. The molecule has 0 atom stereocenters. The molecule has 25 heavy (non-hydrogen) atoms. The summed E-state index contributed by atoms with van der Waals surface area (Å²) < 4.78 is 16.2. The Labute approximate surface area is 149 Å². The highest BCUT2D eigenvalue weighted by molar-refractivity contribution is 7.12. The Hall–Kier alpha value is -2.86. The second-order valence-corrected chi connectivity index (χ2v) is 6.42. The maximum atomic E-state index is 12.0. The predicted molar refractivity (Wildman–Crippen MR) is 98.2 cm³/mol. The third-order valence-corrected chi connectivity index (χ3v) is 4.18. The van der Waals surface area contributed by atoms with Crippen LogP contribution in [0.4, 0.5) is 0 Å². The Bertz CT molecular complexity index is 866. The van der Waals surface area contributed by atoms with E-state index in [1.54, 1.807) is 25.3 Å². The molecule has 1 aromatic carbocycles. The van der Waals surface area contributed by atoms with Crippen LogP contribution in [0.2, 0.25) is 0 Å². The number of thiophene rings is 1. The number of cyclic esters (lactones) is 1. The van der Waals surface area contributed by atoms with Crippen molar-refractivity contribution in [2.75, 3.05) is 13.7 Å². The zero-order valence-electron chi connectivity index (χ0n) is 13.9. The van der Waals surface area contributed by atoms with Crippen LogP contribution in [0.3, 0.4) is 0 Å². The molecule has 0 radical (unpaired) electrons. The van der Waals surface area contributed by atoms with Gasteiger partial charge >= 0.3 is 5.97 Å². The summed E-state index contributed by atoms with van der Waals surface area (Å²) in [5, 5.41) is 1.90. The van der Waals surface area contributed by atoms with Crippen molar-refractivity contribution in [1.29, 1.82) is 0 Å². The minimum Gasteiger partial charge on any atom is -0.493 e. The summed E-state index contributed by atoms with van der Waals surface area (Å²) in [6.07, 6.45) is 1.66. The first kappa shape index (κ1) is 17.0. The second kappa shape index (κ2) is 7.36. The van der Waals surface area contributed by atoms with Crippen molar-refractivity contribution in [1.82, 2.24) is 0 Å². The quantitative estimate of drug-likeness (QED) is 0.445. The Kier molecular flexibility index (Phi) is 5.00. The normalized spacial score (nSPS) is 15.0. The molecule has 6 heteroatoms. The number of carbonyl (C=O) groups is 1. The van der Waals surface area contributed by atoms with E-state index in [1.165, 1.54) is 11.3 Å². The zero-order chi connectivity index (χ0) is 17.8. The lowest BCUT2D eigenvalue weighted by Gasteiger charge is -2.11. The molecule has 3 rings (SSSR count). The van der Waals surface area contributed by atoms with Crippen LogP contribution >= 0.6 is 11.3 Å². The summed E-state index contributed by atoms with van der Waals surface area (Å²) >= 11 is 1.47. The van der Waals surface area contributed by atoms with Gasteiger partial charge in [0.2, 0.25) is 5.90 Å². The van der Waals surface area contributed by atoms with Crippen molar-refractivity contribution in [3.63, 3.8) is 0 Å². The van der Waals surface area contributed by atoms with Crippen molar-refractivity contribution in [2.45, 2.75) is 6.92 Å². The molecule has 0 N–H and O–H groups in total.